The van der Waals surface area contributed by atoms with E-state index in [0.717, 1.165) is 41.9 Å². The zero-order valence-electron chi connectivity index (χ0n) is 20.3. The van der Waals surface area contributed by atoms with E-state index in [9.17, 15) is 9.18 Å². The average molecular weight is 480 g/mol. The molecule has 4 aromatic rings. The number of hydrogen-bond acceptors (Lipinski definition) is 6. The van der Waals surface area contributed by atoms with Crippen molar-refractivity contribution in [3.63, 3.8) is 0 Å². The number of nitrogens with two attached hydrogens (primary N) is 1. The van der Waals surface area contributed by atoms with Gasteiger partial charge in [-0.15, -0.1) is 0 Å². The number of alkyl halides is 1. The second kappa shape index (κ2) is 8.88. The number of aromatic nitrogens is 7. The smallest absolute Gasteiger partial charge is 0.248 e. The normalized spacial score (nSPS) is 16.2. The maximum atomic E-state index is 14.1. The molecule has 11 heteroatoms. The molecule has 1 amide bonds. The van der Waals surface area contributed by atoms with Crippen LogP contribution in [0.4, 0.5) is 4.39 Å². The molecule has 10 nitrogen and oxygen atoms in total. The number of likely N-dealkylation sites (tertiary alicyclic amines) is 1. The predicted molar refractivity (Wildman–Crippen MR) is 130 cm³/mol. The minimum absolute atomic E-state index is 0.362. The van der Waals surface area contributed by atoms with Gasteiger partial charge in [-0.3, -0.25) is 19.3 Å². The molecule has 35 heavy (non-hydrogen) atoms. The molecule has 3 aromatic heterocycles. The summed E-state index contributed by atoms with van der Waals surface area (Å²) in [4.78, 5) is 19.1. The minimum atomic E-state index is -1.08. The molecule has 1 aliphatic heterocycles. The van der Waals surface area contributed by atoms with E-state index in [1.165, 1.54) is 0 Å². The van der Waals surface area contributed by atoms with Gasteiger partial charge in [-0.2, -0.15) is 15.3 Å². The summed E-state index contributed by atoms with van der Waals surface area (Å²) in [7, 11) is 0. The van der Waals surface area contributed by atoms with Crippen LogP contribution < -0.4 is 5.73 Å². The van der Waals surface area contributed by atoms with Crippen LogP contribution >= 0.6 is 0 Å². The molecular formula is C24H30FN9O. The number of piperidine rings is 1. The molecule has 4 heterocycles. The highest BCUT2D eigenvalue weighted by Gasteiger charge is 2.29. The van der Waals surface area contributed by atoms with E-state index in [0.29, 0.717) is 48.7 Å². The van der Waals surface area contributed by atoms with Crippen molar-refractivity contribution in [3.8, 4) is 22.9 Å². The molecular weight excluding hydrogens is 449 g/mol. The number of carbonyl (C=O) groups excluding carboxylic acids is 1. The number of nitrogens with zero attached hydrogens (tertiary/aromatic N) is 7. The number of benzene rings is 1. The molecule has 1 fully saturated rings. The van der Waals surface area contributed by atoms with Crippen LogP contribution in [0, 0.1) is 6.92 Å². The van der Waals surface area contributed by atoms with Gasteiger partial charge in [0.15, 0.2) is 11.6 Å². The highest BCUT2D eigenvalue weighted by atomic mass is 19.1. The molecule has 0 aliphatic carbocycles. The number of hydrogen-bond donors (Lipinski definition) is 2. The highest BCUT2D eigenvalue weighted by Crippen LogP contribution is 2.30. The maximum Gasteiger partial charge on any atom is 0.248 e. The lowest BCUT2D eigenvalue weighted by Gasteiger charge is -2.34. The SMILES string of the molecule is CCn1nc(C)cc1-c1nc(-c2cc(C(N)=O)cc3c2cnn3CCN2CCC(C)(F)CC2)n[nH]1. The fourth-order valence-electron chi connectivity index (χ4n) is 4.64. The fraction of sp³-hybridized carbons (Fsp3) is 0.458. The number of H-pyrrole nitrogens is 1. The summed E-state index contributed by atoms with van der Waals surface area (Å²) < 4.78 is 17.9. The lowest BCUT2D eigenvalue weighted by atomic mass is 9.96. The summed E-state index contributed by atoms with van der Waals surface area (Å²) in [5.41, 5.74) is 8.12. The number of aryl methyl sites for hydroxylation is 2. The Morgan fingerprint density at radius 1 is 1.20 bits per heavy atom. The zero-order valence-corrected chi connectivity index (χ0v) is 20.3. The average Bonchev–Trinajstić information content (AvgIpc) is 3.55. The lowest BCUT2D eigenvalue weighted by Crippen LogP contribution is -2.41. The third-order valence-electron chi connectivity index (χ3n) is 6.74. The fourth-order valence-corrected chi connectivity index (χ4v) is 4.64. The summed E-state index contributed by atoms with van der Waals surface area (Å²) in [6, 6.07) is 5.41. The van der Waals surface area contributed by atoms with Crippen molar-refractivity contribution < 1.29 is 9.18 Å². The van der Waals surface area contributed by atoms with Crippen molar-refractivity contribution in [1.29, 1.82) is 0 Å². The quantitative estimate of drug-likeness (QED) is 0.420. The van der Waals surface area contributed by atoms with Gasteiger partial charge >= 0.3 is 0 Å². The lowest BCUT2D eigenvalue weighted by molar-refractivity contribution is 0.0721. The van der Waals surface area contributed by atoms with Crippen molar-refractivity contribution in [2.24, 2.45) is 5.73 Å². The van der Waals surface area contributed by atoms with E-state index in [-0.39, 0.29) is 0 Å². The first-order valence-corrected chi connectivity index (χ1v) is 11.9. The summed E-state index contributed by atoms with van der Waals surface area (Å²) >= 11 is 0. The number of fused-ring (bicyclic) bond motifs is 1. The van der Waals surface area contributed by atoms with Gasteiger partial charge in [0.25, 0.3) is 0 Å². The van der Waals surface area contributed by atoms with E-state index in [4.69, 9.17) is 10.7 Å². The largest absolute Gasteiger partial charge is 0.366 e. The third kappa shape index (κ3) is 4.55. The highest BCUT2D eigenvalue weighted by molar-refractivity contribution is 6.02. The number of rotatable bonds is 7. The van der Waals surface area contributed by atoms with E-state index in [2.05, 4.69) is 25.3 Å². The molecule has 1 aliphatic rings. The van der Waals surface area contributed by atoms with Gasteiger partial charge in [0.05, 0.1) is 24.0 Å². The molecule has 0 spiro atoms. The van der Waals surface area contributed by atoms with Crippen LogP contribution in [0.25, 0.3) is 33.8 Å². The summed E-state index contributed by atoms with van der Waals surface area (Å²) in [5.74, 6) is 0.513. The Kier molecular flexibility index (Phi) is 5.87. The van der Waals surface area contributed by atoms with Crippen LogP contribution in [0.5, 0.6) is 0 Å². The van der Waals surface area contributed by atoms with E-state index in [1.807, 2.05) is 29.3 Å². The monoisotopic (exact) mass is 479 g/mol. The molecule has 1 saturated heterocycles. The number of carbonyl (C=O) groups is 1. The first-order chi connectivity index (χ1) is 16.7. The van der Waals surface area contributed by atoms with Crippen LogP contribution in [0.15, 0.2) is 24.4 Å². The van der Waals surface area contributed by atoms with Crippen LogP contribution in [-0.2, 0) is 13.1 Å². The first-order valence-electron chi connectivity index (χ1n) is 11.9. The van der Waals surface area contributed by atoms with Crippen molar-refractivity contribution in [2.75, 3.05) is 19.6 Å². The topological polar surface area (TPSA) is 124 Å². The van der Waals surface area contributed by atoms with Crippen LogP contribution in [-0.4, -0.2) is 70.9 Å². The molecule has 0 bridgehead atoms. The summed E-state index contributed by atoms with van der Waals surface area (Å²) in [6.45, 7) is 9.12. The Morgan fingerprint density at radius 3 is 2.69 bits per heavy atom. The van der Waals surface area contributed by atoms with Gasteiger partial charge < -0.3 is 10.6 Å². The second-order valence-electron chi connectivity index (χ2n) is 9.44. The van der Waals surface area contributed by atoms with Crippen LogP contribution in [0.3, 0.4) is 0 Å². The van der Waals surface area contributed by atoms with Crippen molar-refractivity contribution in [3.05, 3.63) is 35.7 Å². The number of halogens is 1. The van der Waals surface area contributed by atoms with Gasteiger partial charge in [0, 0.05) is 42.7 Å². The molecule has 0 unspecified atom stereocenters. The number of aromatic amines is 1. The second-order valence-corrected chi connectivity index (χ2v) is 9.44. The Bertz CT molecular complexity index is 1370. The predicted octanol–water partition coefficient (Wildman–Crippen LogP) is 2.94. The van der Waals surface area contributed by atoms with Gasteiger partial charge in [-0.25, -0.2) is 9.37 Å². The minimum Gasteiger partial charge on any atom is -0.366 e. The van der Waals surface area contributed by atoms with E-state index >= 15 is 0 Å². The Morgan fingerprint density at radius 2 is 1.97 bits per heavy atom. The molecule has 5 rings (SSSR count). The molecule has 1 aromatic carbocycles. The summed E-state index contributed by atoms with van der Waals surface area (Å²) in [6.07, 6.45) is 2.83. The van der Waals surface area contributed by atoms with Gasteiger partial charge in [0.1, 0.15) is 11.4 Å². The summed E-state index contributed by atoms with van der Waals surface area (Å²) in [5, 5.41) is 17.3. The van der Waals surface area contributed by atoms with Gasteiger partial charge in [-0.1, -0.05) is 0 Å². The first kappa shape index (κ1) is 23.2. The van der Waals surface area contributed by atoms with E-state index in [1.54, 1.807) is 25.3 Å². The Labute approximate surface area is 202 Å². The van der Waals surface area contributed by atoms with Crippen molar-refractivity contribution in [1.82, 2.24) is 39.6 Å². The number of amides is 1. The Hall–Kier alpha value is -3.60. The molecule has 3 N–H and O–H groups in total. The molecule has 184 valence electrons. The molecule has 0 saturated carbocycles. The van der Waals surface area contributed by atoms with Gasteiger partial charge in [0.2, 0.25) is 5.91 Å². The third-order valence-corrected chi connectivity index (χ3v) is 6.74. The van der Waals surface area contributed by atoms with Crippen LogP contribution in [0.1, 0.15) is 42.7 Å². The molecule has 0 atom stereocenters. The zero-order chi connectivity index (χ0) is 24.7. The van der Waals surface area contributed by atoms with Crippen molar-refractivity contribution in [2.45, 2.75) is 52.4 Å². The number of nitrogens with one attached hydrogen (secondary N) is 1. The van der Waals surface area contributed by atoms with Gasteiger partial charge in [-0.05, 0) is 51.8 Å². The number of primary amides is 1. The standard InChI is InChI=1S/C24H30FN9O/c1-4-33-20(11-15(2)31-33)23-28-22(29-30-23)17-12-16(21(26)35)13-19-18(17)14-27-34(19)10-9-32-7-5-24(3,25)6-8-32/h11-14H,4-10H2,1-3H3,(H2,26,35)(H,28,29,30). The molecule has 0 radical (unpaired) electrons. The Balaban J connectivity index is 1.47. The van der Waals surface area contributed by atoms with Crippen molar-refractivity contribution >= 4 is 16.8 Å². The maximum absolute atomic E-state index is 14.1. The van der Waals surface area contributed by atoms with E-state index < -0.39 is 11.6 Å². The van der Waals surface area contributed by atoms with Crippen LogP contribution in [0.2, 0.25) is 0 Å².